The van der Waals surface area contributed by atoms with Gasteiger partial charge >= 0.3 is 5.97 Å². The molecule has 1 unspecified atom stereocenters. The van der Waals surface area contributed by atoms with Gasteiger partial charge in [0.2, 0.25) is 0 Å². The number of benzene rings is 1. The summed E-state index contributed by atoms with van der Waals surface area (Å²) in [4.78, 5) is 11.5. The number of rotatable bonds is 4. The number of esters is 1. The monoisotopic (exact) mass is 242 g/mol. The van der Waals surface area contributed by atoms with Crippen LogP contribution in [0.4, 0.5) is 0 Å². The van der Waals surface area contributed by atoms with Gasteiger partial charge in [0.1, 0.15) is 5.75 Å². The molecule has 0 aliphatic carbocycles. The van der Waals surface area contributed by atoms with E-state index in [0.29, 0.717) is 17.2 Å². The van der Waals surface area contributed by atoms with Crippen molar-refractivity contribution in [3.63, 3.8) is 0 Å². The van der Waals surface area contributed by atoms with Gasteiger partial charge in [0.25, 0.3) is 0 Å². The maximum Gasteiger partial charge on any atom is 0.313 e. The molecule has 0 saturated carbocycles. The molecule has 0 spiro atoms. The minimum Gasteiger partial charge on any atom is -0.495 e. The largest absolute Gasteiger partial charge is 0.495 e. The smallest absolute Gasteiger partial charge is 0.313 e. The van der Waals surface area contributed by atoms with E-state index in [1.807, 2.05) is 13.0 Å². The molecule has 0 aromatic heterocycles. The fraction of sp³-hybridized carbons (Fsp3) is 0.417. The zero-order chi connectivity index (χ0) is 12.1. The Morgan fingerprint density at radius 3 is 2.56 bits per heavy atom. The molecule has 1 aromatic carbocycles. The second kappa shape index (κ2) is 5.75. The number of halogens is 1. The van der Waals surface area contributed by atoms with Crippen LogP contribution in [0.3, 0.4) is 0 Å². The van der Waals surface area contributed by atoms with Crippen molar-refractivity contribution in [1.82, 2.24) is 0 Å². The molecule has 0 fully saturated rings. The molecule has 88 valence electrons. The molecule has 0 heterocycles. The van der Waals surface area contributed by atoms with E-state index in [4.69, 9.17) is 21.1 Å². The molecular formula is C12H15ClO3. The van der Waals surface area contributed by atoms with Crippen LogP contribution in [0.15, 0.2) is 18.2 Å². The maximum absolute atomic E-state index is 11.5. The number of methoxy groups -OCH3 is 2. The van der Waals surface area contributed by atoms with Crippen LogP contribution in [0, 0.1) is 0 Å². The van der Waals surface area contributed by atoms with Gasteiger partial charge in [0.15, 0.2) is 0 Å². The highest BCUT2D eigenvalue weighted by atomic mass is 35.5. The fourth-order valence-corrected chi connectivity index (χ4v) is 1.85. The van der Waals surface area contributed by atoms with Crippen molar-refractivity contribution in [3.05, 3.63) is 28.8 Å². The SMILES string of the molecule is CCC(C(=O)OC)c1ccc(OC)c(Cl)c1. The Labute approximate surface area is 100 Å². The van der Waals surface area contributed by atoms with E-state index in [0.717, 1.165) is 5.56 Å². The minimum atomic E-state index is -0.270. The summed E-state index contributed by atoms with van der Waals surface area (Å²) in [5, 5.41) is 0.502. The maximum atomic E-state index is 11.5. The van der Waals surface area contributed by atoms with Crippen molar-refractivity contribution in [2.24, 2.45) is 0 Å². The summed E-state index contributed by atoms with van der Waals surface area (Å²) in [5.74, 6) is 0.0854. The van der Waals surface area contributed by atoms with Crippen molar-refractivity contribution < 1.29 is 14.3 Å². The van der Waals surface area contributed by atoms with Crippen LogP contribution in [0.1, 0.15) is 24.8 Å². The first-order valence-electron chi connectivity index (χ1n) is 5.05. The van der Waals surface area contributed by atoms with Crippen LogP contribution in [0.2, 0.25) is 5.02 Å². The minimum absolute atomic E-state index is 0.247. The highest BCUT2D eigenvalue weighted by Gasteiger charge is 2.20. The molecule has 4 heteroatoms. The van der Waals surface area contributed by atoms with Gasteiger partial charge in [-0.25, -0.2) is 0 Å². The number of carbonyl (C=O) groups is 1. The summed E-state index contributed by atoms with van der Waals surface area (Å²) in [6, 6.07) is 5.32. The van der Waals surface area contributed by atoms with E-state index < -0.39 is 0 Å². The first-order valence-corrected chi connectivity index (χ1v) is 5.43. The van der Waals surface area contributed by atoms with Gasteiger partial charge in [0.05, 0.1) is 25.2 Å². The average molecular weight is 243 g/mol. The molecule has 1 rings (SSSR count). The molecule has 0 N–H and O–H groups in total. The van der Waals surface area contributed by atoms with E-state index >= 15 is 0 Å². The van der Waals surface area contributed by atoms with Gasteiger partial charge in [0, 0.05) is 0 Å². The van der Waals surface area contributed by atoms with Gasteiger partial charge in [-0.15, -0.1) is 0 Å². The van der Waals surface area contributed by atoms with Gasteiger partial charge < -0.3 is 9.47 Å². The summed E-state index contributed by atoms with van der Waals surface area (Å²) in [5.41, 5.74) is 0.847. The third kappa shape index (κ3) is 2.67. The van der Waals surface area contributed by atoms with E-state index in [2.05, 4.69) is 0 Å². The van der Waals surface area contributed by atoms with Crippen LogP contribution in [0.25, 0.3) is 0 Å². The van der Waals surface area contributed by atoms with Crippen molar-refractivity contribution in [2.45, 2.75) is 19.3 Å². The first-order chi connectivity index (χ1) is 7.63. The number of carbonyl (C=O) groups excluding carboxylic acids is 1. The molecule has 1 atom stereocenters. The zero-order valence-corrected chi connectivity index (χ0v) is 10.4. The van der Waals surface area contributed by atoms with Crippen LogP contribution in [-0.4, -0.2) is 20.2 Å². The lowest BCUT2D eigenvalue weighted by Crippen LogP contribution is -2.13. The molecular weight excluding hydrogens is 228 g/mol. The summed E-state index contributed by atoms with van der Waals surface area (Å²) >= 11 is 6.00. The first kappa shape index (κ1) is 12.8. The Hall–Kier alpha value is -1.22. The lowest BCUT2D eigenvalue weighted by molar-refractivity contribution is -0.142. The Bertz CT molecular complexity index is 377. The van der Waals surface area contributed by atoms with E-state index in [1.165, 1.54) is 7.11 Å². The number of hydrogen-bond donors (Lipinski definition) is 0. The normalized spacial score (nSPS) is 12.0. The van der Waals surface area contributed by atoms with E-state index in [9.17, 15) is 4.79 Å². The van der Waals surface area contributed by atoms with Crippen molar-refractivity contribution in [2.75, 3.05) is 14.2 Å². The standard InChI is InChI=1S/C12H15ClO3/c1-4-9(12(14)16-3)8-5-6-11(15-2)10(13)7-8/h5-7,9H,4H2,1-3H3. The number of ether oxygens (including phenoxy) is 2. The molecule has 0 amide bonds. The molecule has 0 saturated heterocycles. The summed E-state index contributed by atoms with van der Waals surface area (Å²) in [6.07, 6.45) is 0.676. The quantitative estimate of drug-likeness (QED) is 0.762. The summed E-state index contributed by atoms with van der Waals surface area (Å²) in [7, 11) is 2.94. The Kier molecular flexibility index (Phi) is 4.62. The second-order valence-corrected chi connectivity index (χ2v) is 3.79. The molecule has 16 heavy (non-hydrogen) atoms. The number of hydrogen-bond acceptors (Lipinski definition) is 3. The zero-order valence-electron chi connectivity index (χ0n) is 9.62. The molecule has 0 radical (unpaired) electrons. The lowest BCUT2D eigenvalue weighted by atomic mass is 9.96. The Balaban J connectivity index is 3.03. The average Bonchev–Trinajstić information content (AvgIpc) is 2.30. The highest BCUT2D eigenvalue weighted by molar-refractivity contribution is 6.32. The van der Waals surface area contributed by atoms with Gasteiger partial charge in [-0.1, -0.05) is 24.6 Å². The molecule has 3 nitrogen and oxygen atoms in total. The molecule has 0 bridgehead atoms. The van der Waals surface area contributed by atoms with Gasteiger partial charge in [-0.3, -0.25) is 4.79 Å². The van der Waals surface area contributed by atoms with E-state index in [1.54, 1.807) is 19.2 Å². The van der Waals surface area contributed by atoms with Crippen molar-refractivity contribution in [1.29, 1.82) is 0 Å². The Morgan fingerprint density at radius 1 is 1.44 bits per heavy atom. The molecule has 1 aromatic rings. The second-order valence-electron chi connectivity index (χ2n) is 3.38. The lowest BCUT2D eigenvalue weighted by Gasteiger charge is -2.14. The van der Waals surface area contributed by atoms with Gasteiger partial charge in [-0.2, -0.15) is 0 Å². The van der Waals surface area contributed by atoms with E-state index in [-0.39, 0.29) is 11.9 Å². The highest BCUT2D eigenvalue weighted by Crippen LogP contribution is 2.30. The van der Waals surface area contributed by atoms with Crippen LogP contribution < -0.4 is 4.74 Å². The third-order valence-electron chi connectivity index (χ3n) is 2.47. The fourth-order valence-electron chi connectivity index (χ4n) is 1.58. The van der Waals surface area contributed by atoms with Crippen LogP contribution in [0.5, 0.6) is 5.75 Å². The van der Waals surface area contributed by atoms with Crippen LogP contribution in [-0.2, 0) is 9.53 Å². The molecule has 0 aliphatic heterocycles. The third-order valence-corrected chi connectivity index (χ3v) is 2.77. The summed E-state index contributed by atoms with van der Waals surface area (Å²) < 4.78 is 9.79. The van der Waals surface area contributed by atoms with Crippen molar-refractivity contribution in [3.8, 4) is 5.75 Å². The topological polar surface area (TPSA) is 35.5 Å². The Morgan fingerprint density at radius 2 is 2.12 bits per heavy atom. The van der Waals surface area contributed by atoms with Crippen LogP contribution >= 0.6 is 11.6 Å². The molecule has 0 aliphatic rings. The summed E-state index contributed by atoms with van der Waals surface area (Å²) in [6.45, 7) is 1.93. The van der Waals surface area contributed by atoms with Crippen molar-refractivity contribution >= 4 is 17.6 Å². The predicted octanol–water partition coefficient (Wildman–Crippen LogP) is 3.02. The van der Waals surface area contributed by atoms with Gasteiger partial charge in [-0.05, 0) is 24.1 Å². The predicted molar refractivity (Wildman–Crippen MR) is 63.1 cm³/mol.